The number of anilines is 1. The Morgan fingerprint density at radius 2 is 1.52 bits per heavy atom. The fourth-order valence-electron chi connectivity index (χ4n) is 1.58. The first-order valence-corrected chi connectivity index (χ1v) is 6.39. The van der Waals surface area contributed by atoms with Crippen molar-refractivity contribution in [1.29, 1.82) is 5.41 Å². The smallest absolute Gasteiger partial charge is 0.358 e. The highest BCUT2D eigenvalue weighted by molar-refractivity contribution is 9.10. The first kappa shape index (κ1) is 19.4. The van der Waals surface area contributed by atoms with E-state index in [-0.39, 0.29) is 12.1 Å². The van der Waals surface area contributed by atoms with Crippen LogP contribution in [0.2, 0.25) is 0 Å². The van der Waals surface area contributed by atoms with Crippen molar-refractivity contribution < 1.29 is 35.1 Å². The Morgan fingerprint density at radius 1 is 1.00 bits per heavy atom. The van der Waals surface area contributed by atoms with Crippen LogP contribution in [-0.4, -0.2) is 18.6 Å². The van der Waals surface area contributed by atoms with E-state index in [2.05, 4.69) is 21.2 Å². The van der Waals surface area contributed by atoms with E-state index in [4.69, 9.17) is 5.41 Å². The van der Waals surface area contributed by atoms with Crippen LogP contribution in [0.5, 0.6) is 0 Å². The summed E-state index contributed by atoms with van der Waals surface area (Å²) < 4.78 is 103. The summed E-state index contributed by atoms with van der Waals surface area (Å²) >= 11 is 2.58. The summed E-state index contributed by atoms with van der Waals surface area (Å²) in [7, 11) is 0. The largest absolute Gasteiger partial charge is 0.435 e. The van der Waals surface area contributed by atoms with Gasteiger partial charge in [-0.15, -0.1) is 0 Å². The Morgan fingerprint density at radius 3 is 1.91 bits per heavy atom. The topological polar surface area (TPSA) is 35.9 Å². The fraction of sp³-hybridized carbons (Fsp3) is 0.250. The average Bonchev–Trinajstić information content (AvgIpc) is 2.38. The quantitative estimate of drug-likeness (QED) is 0.502. The van der Waals surface area contributed by atoms with Crippen LogP contribution in [-0.2, 0) is 5.67 Å². The van der Waals surface area contributed by atoms with E-state index >= 15 is 0 Å². The zero-order valence-corrected chi connectivity index (χ0v) is 12.4. The summed E-state index contributed by atoms with van der Waals surface area (Å²) in [4.78, 5) is 0. The minimum absolute atomic E-state index is 0.185. The molecule has 2 nitrogen and oxygen atoms in total. The predicted octanol–water partition coefficient (Wildman–Crippen LogP) is 5.45. The van der Waals surface area contributed by atoms with Crippen molar-refractivity contribution in [2.45, 2.75) is 18.0 Å². The minimum atomic E-state index is -6.33. The van der Waals surface area contributed by atoms with E-state index in [9.17, 15) is 35.1 Å². The van der Waals surface area contributed by atoms with Crippen LogP contribution in [0.1, 0.15) is 5.56 Å². The average molecular weight is 411 g/mol. The van der Waals surface area contributed by atoms with E-state index in [0.29, 0.717) is 0 Å². The van der Waals surface area contributed by atoms with Gasteiger partial charge in [0.25, 0.3) is 0 Å². The van der Waals surface area contributed by atoms with Crippen LogP contribution in [0.15, 0.2) is 28.9 Å². The SMILES string of the molecule is N=C/C=C\Nc1c(F)cc(C(F)(C(F)(F)F)C(F)(F)F)cc1Br. The number of hydrogen-bond acceptors (Lipinski definition) is 2. The number of rotatable bonds is 4. The van der Waals surface area contributed by atoms with E-state index in [1.54, 1.807) is 0 Å². The molecule has 0 atom stereocenters. The van der Waals surface area contributed by atoms with Gasteiger partial charge in [0.15, 0.2) is 0 Å². The van der Waals surface area contributed by atoms with Gasteiger partial charge < -0.3 is 10.7 Å². The second-order valence-corrected chi connectivity index (χ2v) is 4.99. The van der Waals surface area contributed by atoms with Crippen molar-refractivity contribution in [2.24, 2.45) is 0 Å². The zero-order valence-electron chi connectivity index (χ0n) is 10.8. The molecule has 1 aromatic rings. The van der Waals surface area contributed by atoms with Gasteiger partial charge in [-0.3, -0.25) is 0 Å². The van der Waals surface area contributed by atoms with Gasteiger partial charge in [-0.05, 0) is 34.1 Å². The summed E-state index contributed by atoms with van der Waals surface area (Å²) in [6.07, 6.45) is -9.79. The number of hydrogen-bond donors (Lipinski definition) is 2. The molecule has 0 aliphatic heterocycles. The molecule has 0 bridgehead atoms. The molecule has 0 spiro atoms. The zero-order chi connectivity index (χ0) is 18.1. The van der Waals surface area contributed by atoms with Gasteiger partial charge in [0, 0.05) is 22.5 Å². The fourth-order valence-corrected chi connectivity index (χ4v) is 2.13. The van der Waals surface area contributed by atoms with Gasteiger partial charge >= 0.3 is 18.0 Å². The molecule has 11 heteroatoms. The molecule has 0 aliphatic rings. The van der Waals surface area contributed by atoms with E-state index in [0.717, 1.165) is 18.5 Å². The first-order valence-electron chi connectivity index (χ1n) is 5.60. The highest BCUT2D eigenvalue weighted by atomic mass is 79.9. The Kier molecular flexibility index (Phi) is 5.45. The van der Waals surface area contributed by atoms with E-state index in [1.165, 1.54) is 0 Å². The van der Waals surface area contributed by atoms with Crippen LogP contribution in [0.3, 0.4) is 0 Å². The van der Waals surface area contributed by atoms with Crippen LogP contribution in [0.25, 0.3) is 0 Å². The van der Waals surface area contributed by atoms with Crippen molar-refractivity contribution in [3.63, 3.8) is 0 Å². The standard InChI is InChI=1S/C12H7BrF8N2/c13-7-4-6(5-8(14)9(7)23-3-1-2-22)10(15,11(16,17)18)12(19,20)21/h1-5,22-23H/b3-1-,22-2?. The number of allylic oxidation sites excluding steroid dienone is 1. The second kappa shape index (κ2) is 6.46. The summed E-state index contributed by atoms with van der Waals surface area (Å²) in [6, 6.07) is -0.00301. The van der Waals surface area contributed by atoms with Gasteiger partial charge in [-0.25, -0.2) is 8.78 Å². The van der Waals surface area contributed by atoms with Gasteiger partial charge in [-0.1, -0.05) is 0 Å². The van der Waals surface area contributed by atoms with Crippen LogP contribution < -0.4 is 5.32 Å². The monoisotopic (exact) mass is 410 g/mol. The predicted molar refractivity (Wildman–Crippen MR) is 70.5 cm³/mol. The Labute approximate surface area is 132 Å². The molecule has 0 saturated carbocycles. The number of alkyl halides is 7. The minimum Gasteiger partial charge on any atom is -0.358 e. The van der Waals surface area contributed by atoms with Crippen molar-refractivity contribution >= 4 is 27.8 Å². The highest BCUT2D eigenvalue weighted by Gasteiger charge is 2.73. The molecule has 0 saturated heterocycles. The molecule has 0 fully saturated rings. The van der Waals surface area contributed by atoms with Crippen LogP contribution in [0.4, 0.5) is 40.8 Å². The lowest BCUT2D eigenvalue weighted by Gasteiger charge is -2.30. The van der Waals surface area contributed by atoms with Gasteiger partial charge in [0.2, 0.25) is 0 Å². The summed E-state index contributed by atoms with van der Waals surface area (Å²) in [5.41, 5.74) is -8.17. The van der Waals surface area contributed by atoms with Gasteiger partial charge in [-0.2, -0.15) is 26.3 Å². The molecule has 0 unspecified atom stereocenters. The molecule has 23 heavy (non-hydrogen) atoms. The maximum atomic E-state index is 13.8. The molecule has 0 aromatic heterocycles. The molecule has 128 valence electrons. The number of nitrogens with one attached hydrogen (secondary N) is 2. The maximum absolute atomic E-state index is 13.8. The van der Waals surface area contributed by atoms with Crippen LogP contribution >= 0.6 is 15.9 Å². The second-order valence-electron chi connectivity index (χ2n) is 4.14. The lowest BCUT2D eigenvalue weighted by Crippen LogP contribution is -2.50. The Balaban J connectivity index is 3.49. The summed E-state index contributed by atoms with van der Waals surface area (Å²) in [5, 5.41) is 8.87. The van der Waals surface area contributed by atoms with Gasteiger partial charge in [0.05, 0.1) is 5.69 Å². The lowest BCUT2D eigenvalue weighted by molar-refractivity contribution is -0.348. The highest BCUT2D eigenvalue weighted by Crippen LogP contribution is 2.54. The molecule has 1 rings (SSSR count). The number of halogens is 9. The molecule has 2 N–H and O–H groups in total. The van der Waals surface area contributed by atoms with Crippen molar-refractivity contribution in [3.8, 4) is 0 Å². The Hall–Kier alpha value is -1.65. The van der Waals surface area contributed by atoms with Crippen molar-refractivity contribution in [1.82, 2.24) is 0 Å². The molecular formula is C12H7BrF8N2. The molecule has 0 radical (unpaired) electrons. The van der Waals surface area contributed by atoms with E-state index in [1.807, 2.05) is 0 Å². The summed E-state index contributed by atoms with van der Waals surface area (Å²) in [6.45, 7) is 0. The van der Waals surface area contributed by atoms with Crippen molar-refractivity contribution in [3.05, 3.63) is 40.3 Å². The molecule has 0 heterocycles. The molecule has 0 aliphatic carbocycles. The third kappa shape index (κ3) is 3.65. The van der Waals surface area contributed by atoms with E-state index < -0.39 is 39.6 Å². The van der Waals surface area contributed by atoms with Crippen molar-refractivity contribution in [2.75, 3.05) is 5.32 Å². The Bertz CT molecular complexity index is 583. The lowest BCUT2D eigenvalue weighted by atomic mass is 9.94. The van der Waals surface area contributed by atoms with Gasteiger partial charge in [0.1, 0.15) is 5.82 Å². The molecule has 1 aromatic carbocycles. The third-order valence-electron chi connectivity index (χ3n) is 2.64. The van der Waals surface area contributed by atoms with Crippen LogP contribution in [0, 0.1) is 11.2 Å². The summed E-state index contributed by atoms with van der Waals surface area (Å²) in [5.74, 6) is -1.54. The third-order valence-corrected chi connectivity index (χ3v) is 3.27. The first-order chi connectivity index (χ1) is 10.4. The normalized spacial score (nSPS) is 13.4. The molecular weight excluding hydrogens is 404 g/mol. The maximum Gasteiger partial charge on any atom is 0.435 e. The molecule has 0 amide bonds. The number of benzene rings is 1.